The lowest BCUT2D eigenvalue weighted by atomic mass is 10.1. The summed E-state index contributed by atoms with van der Waals surface area (Å²) in [5.74, 6) is -0.247. The summed E-state index contributed by atoms with van der Waals surface area (Å²) in [7, 11) is 0. The van der Waals surface area contributed by atoms with Crippen LogP contribution in [0.5, 0.6) is 10.9 Å². The number of thiazole rings is 1. The number of nitrogens with zero attached hydrogens (tertiary/aromatic N) is 1. The van der Waals surface area contributed by atoms with Crippen LogP contribution >= 0.6 is 22.7 Å². The Kier molecular flexibility index (Phi) is 5.88. The number of benzene rings is 1. The van der Waals surface area contributed by atoms with Gasteiger partial charge in [0.1, 0.15) is 10.8 Å². The van der Waals surface area contributed by atoms with E-state index >= 15 is 0 Å². The molecule has 6 nitrogen and oxygen atoms in total. The molecule has 0 aliphatic heterocycles. The van der Waals surface area contributed by atoms with Gasteiger partial charge < -0.3 is 14.8 Å². The second-order valence-corrected chi connectivity index (χ2v) is 7.67. The third-order valence-corrected chi connectivity index (χ3v) is 5.57. The highest BCUT2D eigenvalue weighted by Crippen LogP contribution is 2.33. The number of carbonyl (C=O) groups excluding carboxylic acids is 2. The van der Waals surface area contributed by atoms with Gasteiger partial charge in [-0.3, -0.25) is 4.79 Å². The number of hydrogen-bond acceptors (Lipinski definition) is 7. The van der Waals surface area contributed by atoms with E-state index in [4.69, 9.17) is 9.47 Å². The van der Waals surface area contributed by atoms with Gasteiger partial charge in [-0.05, 0) is 44.5 Å². The maximum Gasteiger partial charge on any atom is 0.341 e. The highest BCUT2D eigenvalue weighted by atomic mass is 32.1. The smallest absolute Gasteiger partial charge is 0.341 e. The van der Waals surface area contributed by atoms with E-state index in [0.29, 0.717) is 27.1 Å². The van der Waals surface area contributed by atoms with Crippen molar-refractivity contribution < 1.29 is 19.1 Å². The Morgan fingerprint density at radius 2 is 2.07 bits per heavy atom. The Labute approximate surface area is 164 Å². The summed E-state index contributed by atoms with van der Waals surface area (Å²) >= 11 is 2.72. The number of nitrogens with one attached hydrogen (secondary N) is 1. The number of carbonyl (C=O) groups is 2. The molecule has 0 spiro atoms. The first-order valence-corrected chi connectivity index (χ1v) is 9.95. The van der Waals surface area contributed by atoms with E-state index in [1.807, 2.05) is 19.2 Å². The molecule has 0 unspecified atom stereocenters. The fourth-order valence-electron chi connectivity index (χ4n) is 2.40. The first-order chi connectivity index (χ1) is 13.0. The number of aromatic nitrogens is 1. The fourth-order valence-corrected chi connectivity index (χ4v) is 3.95. The highest BCUT2D eigenvalue weighted by molar-refractivity contribution is 7.16. The van der Waals surface area contributed by atoms with Gasteiger partial charge in [0.05, 0.1) is 12.2 Å². The third-order valence-electron chi connectivity index (χ3n) is 3.80. The van der Waals surface area contributed by atoms with Crippen LogP contribution in [0.1, 0.15) is 38.1 Å². The number of rotatable bonds is 6. The lowest BCUT2D eigenvalue weighted by molar-refractivity contribution is 0.0527. The minimum absolute atomic E-state index is 0.274. The van der Waals surface area contributed by atoms with Crippen molar-refractivity contribution in [2.45, 2.75) is 20.8 Å². The molecule has 140 valence electrons. The van der Waals surface area contributed by atoms with Crippen molar-refractivity contribution in [1.29, 1.82) is 0 Å². The van der Waals surface area contributed by atoms with Crippen LogP contribution < -0.4 is 10.1 Å². The Morgan fingerprint density at radius 3 is 2.78 bits per heavy atom. The molecule has 1 N–H and O–H groups in total. The van der Waals surface area contributed by atoms with E-state index in [0.717, 1.165) is 10.4 Å². The fraction of sp³-hybridized carbons (Fsp3) is 0.211. The van der Waals surface area contributed by atoms with Crippen LogP contribution in [0.2, 0.25) is 0 Å². The summed E-state index contributed by atoms with van der Waals surface area (Å²) in [5.41, 5.74) is 1.64. The molecule has 0 aliphatic carbocycles. The third kappa shape index (κ3) is 4.35. The van der Waals surface area contributed by atoms with Gasteiger partial charge in [-0.25, -0.2) is 9.78 Å². The molecular weight excluding hydrogens is 384 g/mol. The van der Waals surface area contributed by atoms with Crippen LogP contribution in [-0.4, -0.2) is 23.5 Å². The molecule has 0 bridgehead atoms. The van der Waals surface area contributed by atoms with Crippen molar-refractivity contribution in [1.82, 2.24) is 4.98 Å². The van der Waals surface area contributed by atoms with Crippen LogP contribution in [0, 0.1) is 13.8 Å². The first-order valence-electron chi connectivity index (χ1n) is 8.25. The average Bonchev–Trinajstić information content (AvgIpc) is 3.24. The summed E-state index contributed by atoms with van der Waals surface area (Å²) in [4.78, 5) is 30.0. The van der Waals surface area contributed by atoms with Gasteiger partial charge in [-0.1, -0.05) is 17.4 Å². The van der Waals surface area contributed by atoms with Crippen LogP contribution in [0.3, 0.4) is 0 Å². The zero-order valence-corrected chi connectivity index (χ0v) is 16.7. The molecule has 0 atom stereocenters. The molecule has 8 heteroatoms. The molecule has 3 rings (SSSR count). The van der Waals surface area contributed by atoms with Crippen molar-refractivity contribution in [3.8, 4) is 10.9 Å². The Morgan fingerprint density at radius 1 is 1.26 bits per heavy atom. The topological polar surface area (TPSA) is 77.5 Å². The summed E-state index contributed by atoms with van der Waals surface area (Å²) in [5, 5.41) is 5.62. The molecular formula is C19H18N2O4S2. The summed E-state index contributed by atoms with van der Waals surface area (Å²) < 4.78 is 10.8. The average molecular weight is 402 g/mol. The number of hydrogen-bond donors (Lipinski definition) is 1. The van der Waals surface area contributed by atoms with Gasteiger partial charge in [0.25, 0.3) is 11.1 Å². The summed E-state index contributed by atoms with van der Waals surface area (Å²) in [6.45, 7) is 5.77. The number of aryl methyl sites for hydroxylation is 1. The molecule has 3 aromatic rings. The van der Waals surface area contributed by atoms with Gasteiger partial charge in [0, 0.05) is 22.0 Å². The number of anilines is 1. The van der Waals surface area contributed by atoms with E-state index in [-0.39, 0.29) is 12.5 Å². The molecule has 1 amide bonds. The molecule has 0 saturated heterocycles. The monoisotopic (exact) mass is 402 g/mol. The largest absolute Gasteiger partial charge is 0.462 e. The van der Waals surface area contributed by atoms with Crippen LogP contribution in [0.25, 0.3) is 0 Å². The van der Waals surface area contributed by atoms with E-state index in [1.54, 1.807) is 37.4 Å². The minimum Gasteiger partial charge on any atom is -0.462 e. The predicted octanol–water partition coefficient (Wildman–Crippen LogP) is 5.04. The Balaban J connectivity index is 1.82. The minimum atomic E-state index is -0.435. The lowest BCUT2D eigenvalue weighted by Gasteiger charge is -2.08. The van der Waals surface area contributed by atoms with Gasteiger partial charge in [-0.15, -0.1) is 11.3 Å². The van der Waals surface area contributed by atoms with Crippen LogP contribution in [-0.2, 0) is 4.74 Å². The standard InChI is InChI=1S/C19H18N2O4S2/c1-4-24-18(23)15-11(2)12(3)27-17(15)21-16(22)13-6-5-7-14(10-13)25-19-20-8-9-26-19/h5-10H,4H2,1-3H3,(H,21,22). The number of ether oxygens (including phenoxy) is 2. The van der Waals surface area contributed by atoms with Crippen LogP contribution in [0.4, 0.5) is 5.00 Å². The summed E-state index contributed by atoms with van der Waals surface area (Å²) in [6, 6.07) is 6.80. The van der Waals surface area contributed by atoms with Gasteiger partial charge in [0.15, 0.2) is 0 Å². The van der Waals surface area contributed by atoms with E-state index in [2.05, 4.69) is 10.3 Å². The van der Waals surface area contributed by atoms with E-state index < -0.39 is 5.97 Å². The lowest BCUT2D eigenvalue weighted by Crippen LogP contribution is -2.15. The molecule has 27 heavy (non-hydrogen) atoms. The molecule has 0 fully saturated rings. The van der Waals surface area contributed by atoms with E-state index in [9.17, 15) is 9.59 Å². The zero-order valence-electron chi connectivity index (χ0n) is 15.1. The van der Waals surface area contributed by atoms with Crippen LogP contribution in [0.15, 0.2) is 35.8 Å². The normalized spacial score (nSPS) is 10.5. The molecule has 2 heterocycles. The highest BCUT2D eigenvalue weighted by Gasteiger charge is 2.22. The maximum atomic E-state index is 12.7. The molecule has 0 saturated carbocycles. The second-order valence-electron chi connectivity index (χ2n) is 5.59. The number of amides is 1. The van der Waals surface area contributed by atoms with Crippen molar-refractivity contribution in [3.63, 3.8) is 0 Å². The van der Waals surface area contributed by atoms with Gasteiger partial charge >= 0.3 is 5.97 Å². The molecule has 0 radical (unpaired) electrons. The Bertz CT molecular complexity index is 964. The van der Waals surface area contributed by atoms with Crippen molar-refractivity contribution in [2.24, 2.45) is 0 Å². The molecule has 0 aliphatic rings. The number of esters is 1. The molecule has 1 aromatic carbocycles. The molecule has 2 aromatic heterocycles. The first kappa shape index (κ1) is 19.1. The zero-order chi connectivity index (χ0) is 19.4. The predicted molar refractivity (Wildman–Crippen MR) is 106 cm³/mol. The van der Waals surface area contributed by atoms with Crippen molar-refractivity contribution >= 4 is 39.6 Å². The summed E-state index contributed by atoms with van der Waals surface area (Å²) in [6.07, 6.45) is 1.65. The number of thiophene rings is 1. The second kappa shape index (κ2) is 8.32. The van der Waals surface area contributed by atoms with Crippen molar-refractivity contribution in [2.75, 3.05) is 11.9 Å². The maximum absolute atomic E-state index is 12.7. The Hall–Kier alpha value is -2.71. The van der Waals surface area contributed by atoms with Gasteiger partial charge in [0.2, 0.25) is 0 Å². The van der Waals surface area contributed by atoms with E-state index in [1.165, 1.54) is 22.7 Å². The van der Waals surface area contributed by atoms with Crippen molar-refractivity contribution in [3.05, 3.63) is 57.4 Å². The van der Waals surface area contributed by atoms with Gasteiger partial charge in [-0.2, -0.15) is 0 Å². The SMILES string of the molecule is CCOC(=O)c1c(NC(=O)c2cccc(Oc3nccs3)c2)sc(C)c1C. The quantitative estimate of drug-likeness (QED) is 0.584.